The summed E-state index contributed by atoms with van der Waals surface area (Å²) in [6.45, 7) is 2.48. The molecule has 0 bridgehead atoms. The van der Waals surface area contributed by atoms with Gasteiger partial charge in [0.15, 0.2) is 11.6 Å². The van der Waals surface area contributed by atoms with Crippen molar-refractivity contribution in [1.29, 1.82) is 0 Å². The first-order valence-corrected chi connectivity index (χ1v) is 6.58. The number of halogens is 3. The molecule has 1 nitrogen and oxygen atoms in total. The van der Waals surface area contributed by atoms with E-state index >= 15 is 0 Å². The fraction of sp³-hybridized carbons (Fsp3) is 0.143. The van der Waals surface area contributed by atoms with Crippen LogP contribution in [0.15, 0.2) is 36.4 Å². The Morgan fingerprint density at radius 1 is 1.06 bits per heavy atom. The van der Waals surface area contributed by atoms with Gasteiger partial charge in [-0.25, -0.2) is 8.78 Å². The lowest BCUT2D eigenvalue weighted by molar-refractivity contribution is 0.507. The largest absolute Gasteiger partial charge is 0.381 e. The molecule has 0 unspecified atom stereocenters. The van der Waals surface area contributed by atoms with Gasteiger partial charge in [0.05, 0.1) is 0 Å². The van der Waals surface area contributed by atoms with E-state index in [9.17, 15) is 8.78 Å². The summed E-state index contributed by atoms with van der Waals surface area (Å²) >= 11 is 2.25. The van der Waals surface area contributed by atoms with Crippen LogP contribution in [0.2, 0.25) is 0 Å². The summed E-state index contributed by atoms with van der Waals surface area (Å²) in [5.74, 6) is -1.63. The van der Waals surface area contributed by atoms with Crippen molar-refractivity contribution in [1.82, 2.24) is 0 Å². The maximum absolute atomic E-state index is 13.0. The minimum atomic E-state index is -0.816. The van der Waals surface area contributed by atoms with Gasteiger partial charge in [-0.15, -0.1) is 0 Å². The summed E-state index contributed by atoms with van der Waals surface area (Å²) in [6.07, 6.45) is 0. The van der Waals surface area contributed by atoms with E-state index in [0.29, 0.717) is 12.1 Å². The summed E-state index contributed by atoms with van der Waals surface area (Å²) in [6, 6.07) is 9.98. The summed E-state index contributed by atoms with van der Waals surface area (Å²) < 4.78 is 27.0. The molecule has 0 aliphatic rings. The van der Waals surface area contributed by atoms with E-state index in [1.165, 1.54) is 9.64 Å². The van der Waals surface area contributed by atoms with Gasteiger partial charge in [-0.05, 0) is 71.0 Å². The van der Waals surface area contributed by atoms with Crippen LogP contribution in [0.3, 0.4) is 0 Å². The lowest BCUT2D eigenvalue weighted by atomic mass is 10.1. The van der Waals surface area contributed by atoms with Gasteiger partial charge in [0, 0.05) is 15.8 Å². The van der Waals surface area contributed by atoms with Gasteiger partial charge in [-0.1, -0.05) is 6.07 Å². The molecule has 0 radical (unpaired) electrons. The van der Waals surface area contributed by atoms with E-state index in [-0.39, 0.29) is 0 Å². The Morgan fingerprint density at radius 2 is 1.83 bits per heavy atom. The molecule has 2 rings (SSSR count). The molecule has 0 atom stereocenters. The molecule has 2 aromatic carbocycles. The average Bonchev–Trinajstić information content (AvgIpc) is 2.32. The molecule has 2 aromatic rings. The minimum absolute atomic E-state index is 0.471. The van der Waals surface area contributed by atoms with Crippen LogP contribution in [0.25, 0.3) is 0 Å². The maximum Gasteiger partial charge on any atom is 0.159 e. The third kappa shape index (κ3) is 3.19. The standard InChI is InChI=1S/C14H12F2IN/c1-9-6-11(17)3-5-14(9)18-8-10-2-4-12(15)13(16)7-10/h2-7,18H,8H2,1H3. The second-order valence-electron chi connectivity index (χ2n) is 4.06. The normalized spacial score (nSPS) is 10.4. The Bertz CT molecular complexity index is 570. The van der Waals surface area contributed by atoms with Crippen LogP contribution in [0.4, 0.5) is 14.5 Å². The highest BCUT2D eigenvalue weighted by Crippen LogP contribution is 2.19. The Labute approximate surface area is 118 Å². The second-order valence-corrected chi connectivity index (χ2v) is 5.31. The number of hydrogen-bond acceptors (Lipinski definition) is 1. The molecule has 0 fully saturated rings. The number of anilines is 1. The summed E-state index contributed by atoms with van der Waals surface area (Å²) in [7, 11) is 0. The smallest absolute Gasteiger partial charge is 0.159 e. The molecule has 0 saturated heterocycles. The third-order valence-electron chi connectivity index (χ3n) is 2.66. The monoisotopic (exact) mass is 359 g/mol. The van der Waals surface area contributed by atoms with Crippen LogP contribution in [0, 0.1) is 22.1 Å². The van der Waals surface area contributed by atoms with Crippen molar-refractivity contribution in [3.8, 4) is 0 Å². The fourth-order valence-electron chi connectivity index (χ4n) is 1.67. The number of hydrogen-bond donors (Lipinski definition) is 1. The first-order chi connectivity index (χ1) is 8.56. The fourth-order valence-corrected chi connectivity index (χ4v) is 2.32. The lowest BCUT2D eigenvalue weighted by Gasteiger charge is -2.10. The average molecular weight is 359 g/mol. The van der Waals surface area contributed by atoms with Crippen LogP contribution in [-0.4, -0.2) is 0 Å². The van der Waals surface area contributed by atoms with Crippen molar-refractivity contribution in [3.05, 3.63) is 62.7 Å². The number of aryl methyl sites for hydroxylation is 1. The van der Waals surface area contributed by atoms with Gasteiger partial charge in [0.1, 0.15) is 0 Å². The molecular formula is C14H12F2IN. The van der Waals surface area contributed by atoms with Crippen LogP contribution < -0.4 is 5.32 Å². The highest BCUT2D eigenvalue weighted by Gasteiger charge is 2.03. The predicted octanol–water partition coefficient (Wildman–Crippen LogP) is 4.49. The molecule has 4 heteroatoms. The highest BCUT2D eigenvalue weighted by molar-refractivity contribution is 14.1. The van der Waals surface area contributed by atoms with Crippen LogP contribution in [-0.2, 0) is 6.54 Å². The Balaban J connectivity index is 2.09. The lowest BCUT2D eigenvalue weighted by Crippen LogP contribution is -2.02. The molecule has 18 heavy (non-hydrogen) atoms. The van der Waals surface area contributed by atoms with Crippen molar-refractivity contribution >= 4 is 28.3 Å². The highest BCUT2D eigenvalue weighted by atomic mass is 127. The molecule has 0 spiro atoms. The Hall–Kier alpha value is -1.17. The van der Waals surface area contributed by atoms with E-state index in [1.54, 1.807) is 6.07 Å². The molecule has 0 aliphatic heterocycles. The first kappa shape index (κ1) is 13.3. The molecule has 0 amide bonds. The first-order valence-electron chi connectivity index (χ1n) is 5.50. The summed E-state index contributed by atoms with van der Waals surface area (Å²) in [5, 5.41) is 3.21. The molecular weight excluding hydrogens is 347 g/mol. The van der Waals surface area contributed by atoms with Crippen molar-refractivity contribution < 1.29 is 8.78 Å². The number of nitrogens with one attached hydrogen (secondary N) is 1. The molecule has 0 aromatic heterocycles. The number of rotatable bonds is 3. The van der Waals surface area contributed by atoms with E-state index < -0.39 is 11.6 Å². The molecule has 1 N–H and O–H groups in total. The Morgan fingerprint density at radius 3 is 2.50 bits per heavy atom. The SMILES string of the molecule is Cc1cc(I)ccc1NCc1ccc(F)c(F)c1. The third-order valence-corrected chi connectivity index (χ3v) is 3.33. The topological polar surface area (TPSA) is 12.0 Å². The minimum Gasteiger partial charge on any atom is -0.381 e. The van der Waals surface area contributed by atoms with Crippen molar-refractivity contribution in [3.63, 3.8) is 0 Å². The maximum atomic E-state index is 13.0. The molecule has 0 heterocycles. The van der Waals surface area contributed by atoms with Crippen LogP contribution in [0.5, 0.6) is 0 Å². The Kier molecular flexibility index (Phi) is 4.16. The quantitative estimate of drug-likeness (QED) is 0.797. The van der Waals surface area contributed by atoms with Gasteiger partial charge >= 0.3 is 0 Å². The van der Waals surface area contributed by atoms with E-state index in [0.717, 1.165) is 17.3 Å². The summed E-state index contributed by atoms with van der Waals surface area (Å²) in [5.41, 5.74) is 2.84. The van der Waals surface area contributed by atoms with Gasteiger partial charge < -0.3 is 5.32 Å². The van der Waals surface area contributed by atoms with Gasteiger partial charge in [0.25, 0.3) is 0 Å². The van der Waals surface area contributed by atoms with Crippen molar-refractivity contribution in [2.45, 2.75) is 13.5 Å². The van der Waals surface area contributed by atoms with Gasteiger partial charge in [-0.2, -0.15) is 0 Å². The zero-order valence-corrected chi connectivity index (χ0v) is 12.0. The second kappa shape index (κ2) is 5.65. The zero-order valence-electron chi connectivity index (χ0n) is 9.81. The van der Waals surface area contributed by atoms with E-state index in [1.807, 2.05) is 19.1 Å². The van der Waals surface area contributed by atoms with Gasteiger partial charge in [0.2, 0.25) is 0 Å². The van der Waals surface area contributed by atoms with Crippen LogP contribution in [0.1, 0.15) is 11.1 Å². The molecule has 0 aliphatic carbocycles. The van der Waals surface area contributed by atoms with Gasteiger partial charge in [-0.3, -0.25) is 0 Å². The summed E-state index contributed by atoms with van der Waals surface area (Å²) in [4.78, 5) is 0. The van der Waals surface area contributed by atoms with Crippen LogP contribution >= 0.6 is 22.6 Å². The molecule has 94 valence electrons. The van der Waals surface area contributed by atoms with Crippen molar-refractivity contribution in [2.24, 2.45) is 0 Å². The van der Waals surface area contributed by atoms with Crippen molar-refractivity contribution in [2.75, 3.05) is 5.32 Å². The predicted molar refractivity (Wildman–Crippen MR) is 77.6 cm³/mol. The van der Waals surface area contributed by atoms with E-state index in [4.69, 9.17) is 0 Å². The number of benzene rings is 2. The van der Waals surface area contributed by atoms with E-state index in [2.05, 4.69) is 34.0 Å². The molecule has 0 saturated carbocycles. The zero-order chi connectivity index (χ0) is 13.1.